The molecule has 1 fully saturated rings. The van der Waals surface area contributed by atoms with Gasteiger partial charge in [0, 0.05) is 5.92 Å². The Balaban J connectivity index is 2.40. The van der Waals surface area contributed by atoms with E-state index in [1.807, 2.05) is 6.92 Å². The molecule has 4 atom stereocenters. The quantitative estimate of drug-likeness (QED) is 0.730. The van der Waals surface area contributed by atoms with Gasteiger partial charge in [-0.15, -0.1) is 0 Å². The summed E-state index contributed by atoms with van der Waals surface area (Å²) < 4.78 is 6.05. The molecule has 1 aromatic heterocycles. The number of hydrogen-bond donors (Lipinski definition) is 2. The van der Waals surface area contributed by atoms with E-state index >= 15 is 0 Å². The molecule has 0 bridgehead atoms. The van der Waals surface area contributed by atoms with Crippen LogP contribution in [0.1, 0.15) is 32.5 Å². The molecule has 0 radical (unpaired) electrons. The van der Waals surface area contributed by atoms with Crippen molar-refractivity contribution in [2.45, 2.75) is 38.9 Å². The molecule has 0 aromatic carbocycles. The Kier molecular flexibility index (Phi) is 2.94. The minimum Gasteiger partial charge on any atom is -0.374 e. The van der Waals surface area contributed by atoms with Gasteiger partial charge in [0.25, 0.3) is 0 Å². The summed E-state index contributed by atoms with van der Waals surface area (Å²) in [5.41, 5.74) is 5.64. The van der Waals surface area contributed by atoms with Crippen LogP contribution in [0.25, 0.3) is 0 Å². The van der Waals surface area contributed by atoms with Crippen LogP contribution in [0.5, 0.6) is 0 Å². The van der Waals surface area contributed by atoms with Gasteiger partial charge in [0.1, 0.15) is 5.82 Å². The van der Waals surface area contributed by atoms with Gasteiger partial charge in [0.15, 0.2) is 0 Å². The Morgan fingerprint density at radius 2 is 1.94 bits per heavy atom. The summed E-state index contributed by atoms with van der Waals surface area (Å²) in [6.45, 7) is 6.26. The summed E-state index contributed by atoms with van der Waals surface area (Å²) in [4.78, 5) is 11.1. The van der Waals surface area contributed by atoms with Crippen LogP contribution < -0.4 is 5.73 Å². The average molecular weight is 240 g/mol. The molecule has 6 heteroatoms. The minimum absolute atomic E-state index is 0.116. The first-order valence-corrected chi connectivity index (χ1v) is 5.79. The number of nitrogens with one attached hydrogen (secondary N) is 1. The van der Waals surface area contributed by atoms with Crippen molar-refractivity contribution >= 4 is 18.2 Å². The van der Waals surface area contributed by atoms with Crippen LogP contribution in [0.2, 0.25) is 0 Å². The van der Waals surface area contributed by atoms with Crippen LogP contribution in [0.3, 0.4) is 0 Å². The SMILES string of the molecule is CC1OC(C)C(c2nc(=S)nc(N)[nH]2)C1C. The van der Waals surface area contributed by atoms with Crippen LogP contribution in [-0.2, 0) is 4.74 Å². The molecule has 5 nitrogen and oxygen atoms in total. The minimum atomic E-state index is 0.116. The molecular formula is C10H16N4OS. The number of rotatable bonds is 1. The molecular weight excluding hydrogens is 224 g/mol. The fourth-order valence-electron chi connectivity index (χ4n) is 2.31. The van der Waals surface area contributed by atoms with Gasteiger partial charge in [-0.3, -0.25) is 0 Å². The van der Waals surface area contributed by atoms with Gasteiger partial charge < -0.3 is 15.5 Å². The van der Waals surface area contributed by atoms with Crippen molar-refractivity contribution in [3.05, 3.63) is 10.6 Å². The highest BCUT2D eigenvalue weighted by atomic mass is 32.1. The largest absolute Gasteiger partial charge is 0.374 e. The third-order valence-electron chi connectivity index (χ3n) is 3.25. The highest BCUT2D eigenvalue weighted by molar-refractivity contribution is 7.71. The average Bonchev–Trinajstić information content (AvgIpc) is 2.39. The van der Waals surface area contributed by atoms with Gasteiger partial charge in [0.05, 0.1) is 12.2 Å². The number of anilines is 1. The number of ether oxygens (including phenoxy) is 1. The van der Waals surface area contributed by atoms with E-state index in [9.17, 15) is 0 Å². The molecule has 16 heavy (non-hydrogen) atoms. The lowest BCUT2D eigenvalue weighted by Crippen LogP contribution is -2.19. The summed E-state index contributed by atoms with van der Waals surface area (Å²) in [6, 6.07) is 0. The molecule has 2 heterocycles. The van der Waals surface area contributed by atoms with E-state index in [0.717, 1.165) is 5.82 Å². The van der Waals surface area contributed by atoms with E-state index in [-0.39, 0.29) is 22.9 Å². The van der Waals surface area contributed by atoms with Crippen molar-refractivity contribution in [1.29, 1.82) is 0 Å². The molecule has 1 aliphatic rings. The first-order chi connectivity index (χ1) is 7.49. The third-order valence-corrected chi connectivity index (χ3v) is 3.43. The molecule has 0 saturated carbocycles. The molecule has 88 valence electrons. The number of nitrogens with zero attached hydrogens (tertiary/aromatic N) is 2. The summed E-state index contributed by atoms with van der Waals surface area (Å²) in [5.74, 6) is 1.67. The fraction of sp³-hybridized carbons (Fsp3) is 0.700. The Labute approximate surface area is 99.5 Å². The smallest absolute Gasteiger partial charge is 0.224 e. The van der Waals surface area contributed by atoms with Crippen LogP contribution >= 0.6 is 12.2 Å². The second-order valence-electron chi connectivity index (χ2n) is 4.33. The Hall–Kier alpha value is -1.01. The number of hydrogen-bond acceptors (Lipinski definition) is 5. The molecule has 1 aromatic rings. The van der Waals surface area contributed by atoms with E-state index < -0.39 is 0 Å². The lowest BCUT2D eigenvalue weighted by atomic mass is 9.89. The van der Waals surface area contributed by atoms with Crippen LogP contribution in [0.4, 0.5) is 5.95 Å². The van der Waals surface area contributed by atoms with Crippen molar-refractivity contribution < 1.29 is 4.74 Å². The highest BCUT2D eigenvalue weighted by Gasteiger charge is 2.39. The number of nitrogens with two attached hydrogens (primary N) is 1. The van der Waals surface area contributed by atoms with E-state index in [4.69, 9.17) is 22.7 Å². The van der Waals surface area contributed by atoms with Gasteiger partial charge in [-0.05, 0) is 32.0 Å². The summed E-state index contributed by atoms with van der Waals surface area (Å²) >= 11 is 4.97. The monoisotopic (exact) mass is 240 g/mol. The Morgan fingerprint density at radius 1 is 1.25 bits per heavy atom. The molecule has 0 amide bonds. The summed E-state index contributed by atoms with van der Waals surface area (Å²) in [5, 5.41) is 0. The third kappa shape index (κ3) is 1.94. The van der Waals surface area contributed by atoms with E-state index in [1.165, 1.54) is 0 Å². The molecule has 1 saturated heterocycles. The highest BCUT2D eigenvalue weighted by Crippen LogP contribution is 2.38. The molecule has 0 aliphatic carbocycles. The van der Waals surface area contributed by atoms with Crippen molar-refractivity contribution in [2.75, 3.05) is 5.73 Å². The maximum Gasteiger partial charge on any atom is 0.224 e. The Morgan fingerprint density at radius 3 is 2.44 bits per heavy atom. The first-order valence-electron chi connectivity index (χ1n) is 5.38. The Bertz CT molecular complexity index is 447. The molecule has 0 spiro atoms. The lowest BCUT2D eigenvalue weighted by molar-refractivity contribution is 0.0553. The number of H-pyrrole nitrogens is 1. The van der Waals surface area contributed by atoms with Crippen molar-refractivity contribution in [3.8, 4) is 0 Å². The molecule has 1 aliphatic heterocycles. The molecule has 4 unspecified atom stereocenters. The van der Waals surface area contributed by atoms with Crippen molar-refractivity contribution in [3.63, 3.8) is 0 Å². The van der Waals surface area contributed by atoms with E-state index in [0.29, 0.717) is 11.9 Å². The van der Waals surface area contributed by atoms with Gasteiger partial charge in [-0.25, -0.2) is 4.98 Å². The van der Waals surface area contributed by atoms with E-state index in [2.05, 4.69) is 28.8 Å². The fourth-order valence-corrected chi connectivity index (χ4v) is 2.51. The van der Waals surface area contributed by atoms with Gasteiger partial charge in [-0.2, -0.15) is 4.98 Å². The van der Waals surface area contributed by atoms with Crippen LogP contribution in [0.15, 0.2) is 0 Å². The van der Waals surface area contributed by atoms with Crippen molar-refractivity contribution in [1.82, 2.24) is 15.0 Å². The van der Waals surface area contributed by atoms with Gasteiger partial charge >= 0.3 is 0 Å². The number of nitrogen functional groups attached to an aromatic ring is 1. The standard InChI is InChI=1S/C10H16N4OS/c1-4-5(2)15-6(3)7(4)8-12-9(11)14-10(16)13-8/h4-7H,1-3H3,(H3,11,12,13,14,16). The van der Waals surface area contributed by atoms with Crippen LogP contribution in [-0.4, -0.2) is 27.2 Å². The van der Waals surface area contributed by atoms with Gasteiger partial charge in [-0.1, -0.05) is 6.92 Å². The zero-order chi connectivity index (χ0) is 11.9. The first kappa shape index (κ1) is 11.5. The normalized spacial score (nSPS) is 34.2. The predicted molar refractivity (Wildman–Crippen MR) is 63.5 cm³/mol. The zero-order valence-electron chi connectivity index (χ0n) is 9.60. The second kappa shape index (κ2) is 4.10. The van der Waals surface area contributed by atoms with Gasteiger partial charge in [0.2, 0.25) is 10.7 Å². The number of aromatic nitrogens is 3. The van der Waals surface area contributed by atoms with Crippen LogP contribution in [0, 0.1) is 10.7 Å². The maximum absolute atomic E-state index is 5.76. The topological polar surface area (TPSA) is 76.8 Å². The predicted octanol–water partition coefficient (Wildman–Crippen LogP) is 1.64. The zero-order valence-corrected chi connectivity index (χ0v) is 10.4. The molecule has 3 N–H and O–H groups in total. The summed E-state index contributed by atoms with van der Waals surface area (Å²) in [6.07, 6.45) is 0.336. The summed E-state index contributed by atoms with van der Waals surface area (Å²) in [7, 11) is 0. The van der Waals surface area contributed by atoms with E-state index in [1.54, 1.807) is 0 Å². The lowest BCUT2D eigenvalue weighted by Gasteiger charge is -2.17. The number of aromatic amines is 1. The van der Waals surface area contributed by atoms with Crippen molar-refractivity contribution in [2.24, 2.45) is 5.92 Å². The second-order valence-corrected chi connectivity index (χ2v) is 4.70. The maximum atomic E-state index is 5.76. The molecule has 2 rings (SSSR count).